The topological polar surface area (TPSA) is 87.8 Å². The van der Waals surface area contributed by atoms with Gasteiger partial charge < -0.3 is 4.57 Å². The minimum Gasteiger partial charge on any atom is -0.336 e. The molecule has 0 aliphatic rings. The first-order valence-corrected chi connectivity index (χ1v) is 7.51. The molecule has 1 aromatic carbocycles. The summed E-state index contributed by atoms with van der Waals surface area (Å²) in [5.74, 6) is 0. The van der Waals surface area contributed by atoms with Crippen molar-refractivity contribution in [2.24, 2.45) is 0 Å². The Kier molecular flexibility index (Phi) is 4.50. The Labute approximate surface area is 117 Å². The zero-order valence-electron chi connectivity index (χ0n) is 10.7. The van der Waals surface area contributed by atoms with Crippen molar-refractivity contribution in [2.75, 3.05) is 6.54 Å². The van der Waals surface area contributed by atoms with Crippen molar-refractivity contribution in [3.05, 3.63) is 48.5 Å². The van der Waals surface area contributed by atoms with Gasteiger partial charge >= 0.3 is 0 Å². The first-order valence-electron chi connectivity index (χ1n) is 6.03. The Morgan fingerprint density at radius 2 is 2.05 bits per heavy atom. The lowest BCUT2D eigenvalue weighted by molar-refractivity contribution is 0.573. The zero-order chi connectivity index (χ0) is 14.4. The second-order valence-electron chi connectivity index (χ2n) is 4.18. The minimum atomic E-state index is -3.51. The molecular formula is C13H14N4O2S. The third kappa shape index (κ3) is 3.66. The number of rotatable bonds is 6. The van der Waals surface area contributed by atoms with Crippen LogP contribution >= 0.6 is 0 Å². The number of sulfonamides is 1. The van der Waals surface area contributed by atoms with E-state index in [9.17, 15) is 8.42 Å². The molecule has 0 saturated heterocycles. The predicted octanol–water partition coefficient (Wildman–Crippen LogP) is 0.928. The van der Waals surface area contributed by atoms with Crippen molar-refractivity contribution in [3.8, 4) is 6.07 Å². The Balaban J connectivity index is 1.97. The fourth-order valence-corrected chi connectivity index (χ4v) is 2.71. The lowest BCUT2D eigenvalue weighted by Gasteiger charge is -2.07. The molecule has 0 bridgehead atoms. The van der Waals surface area contributed by atoms with Gasteiger partial charge in [-0.1, -0.05) is 12.1 Å². The van der Waals surface area contributed by atoms with Crippen LogP contribution in [-0.4, -0.2) is 24.5 Å². The van der Waals surface area contributed by atoms with Gasteiger partial charge in [0.05, 0.1) is 23.7 Å². The van der Waals surface area contributed by atoms with E-state index in [-0.39, 0.29) is 11.3 Å². The molecule has 7 heteroatoms. The van der Waals surface area contributed by atoms with Gasteiger partial charge in [-0.3, -0.25) is 0 Å². The third-order valence-electron chi connectivity index (χ3n) is 2.74. The maximum atomic E-state index is 12.0. The van der Waals surface area contributed by atoms with Crippen molar-refractivity contribution in [3.63, 3.8) is 0 Å². The molecule has 0 unspecified atom stereocenters. The molecule has 0 amide bonds. The average molecular weight is 290 g/mol. The van der Waals surface area contributed by atoms with Gasteiger partial charge in [0.25, 0.3) is 0 Å². The molecule has 0 fully saturated rings. The largest absolute Gasteiger partial charge is 0.336 e. The van der Waals surface area contributed by atoms with E-state index in [0.717, 1.165) is 5.56 Å². The molecule has 6 nitrogen and oxygen atoms in total. The molecule has 2 rings (SSSR count). The van der Waals surface area contributed by atoms with Gasteiger partial charge in [0.15, 0.2) is 0 Å². The zero-order valence-corrected chi connectivity index (χ0v) is 11.5. The van der Waals surface area contributed by atoms with Crippen LogP contribution in [0.1, 0.15) is 5.56 Å². The number of nitrogens with zero attached hydrogens (tertiary/aromatic N) is 3. The lowest BCUT2D eigenvalue weighted by atomic mass is 10.2. The van der Waals surface area contributed by atoms with Crippen molar-refractivity contribution in [1.82, 2.24) is 14.3 Å². The molecule has 20 heavy (non-hydrogen) atoms. The predicted molar refractivity (Wildman–Crippen MR) is 73.2 cm³/mol. The van der Waals surface area contributed by atoms with E-state index in [2.05, 4.69) is 9.71 Å². The Morgan fingerprint density at radius 1 is 1.30 bits per heavy atom. The van der Waals surface area contributed by atoms with Crippen LogP contribution < -0.4 is 4.72 Å². The third-order valence-corrected chi connectivity index (χ3v) is 4.22. The SMILES string of the molecule is N#CCc1ccc(S(=O)(=O)NCCn2ccnc2)cc1. The number of benzene rings is 1. The summed E-state index contributed by atoms with van der Waals surface area (Å²) in [5.41, 5.74) is 0.796. The van der Waals surface area contributed by atoms with E-state index < -0.39 is 10.0 Å². The van der Waals surface area contributed by atoms with E-state index in [1.165, 1.54) is 12.1 Å². The highest BCUT2D eigenvalue weighted by atomic mass is 32.2. The highest BCUT2D eigenvalue weighted by Gasteiger charge is 2.12. The number of nitriles is 1. The van der Waals surface area contributed by atoms with Gasteiger partial charge in [-0.15, -0.1) is 0 Å². The first kappa shape index (κ1) is 14.2. The molecular weight excluding hydrogens is 276 g/mol. The summed E-state index contributed by atoms with van der Waals surface area (Å²) in [5, 5.41) is 8.57. The van der Waals surface area contributed by atoms with Crippen LogP contribution in [-0.2, 0) is 23.0 Å². The van der Waals surface area contributed by atoms with E-state index in [0.29, 0.717) is 13.1 Å². The second kappa shape index (κ2) is 6.32. The molecule has 0 radical (unpaired) electrons. The quantitative estimate of drug-likeness (QED) is 0.857. The standard InChI is InChI=1S/C13H14N4O2S/c14-6-5-12-1-3-13(4-2-12)20(18,19)16-8-10-17-9-7-15-11-17/h1-4,7,9,11,16H,5,8,10H2. The maximum absolute atomic E-state index is 12.0. The summed E-state index contributed by atoms with van der Waals surface area (Å²) in [6, 6.07) is 8.32. The van der Waals surface area contributed by atoms with E-state index in [4.69, 9.17) is 5.26 Å². The number of imidazole rings is 1. The van der Waals surface area contributed by atoms with Gasteiger partial charge in [-0.25, -0.2) is 18.1 Å². The highest BCUT2D eigenvalue weighted by Crippen LogP contribution is 2.10. The van der Waals surface area contributed by atoms with Crippen LogP contribution in [0.3, 0.4) is 0 Å². The molecule has 1 N–H and O–H groups in total. The van der Waals surface area contributed by atoms with Crippen molar-refractivity contribution >= 4 is 10.0 Å². The molecule has 2 aromatic rings. The molecule has 0 saturated carbocycles. The van der Waals surface area contributed by atoms with Gasteiger partial charge in [0.1, 0.15) is 0 Å². The fourth-order valence-electron chi connectivity index (χ4n) is 1.69. The van der Waals surface area contributed by atoms with Crippen LogP contribution in [0, 0.1) is 11.3 Å². The lowest BCUT2D eigenvalue weighted by Crippen LogP contribution is -2.27. The molecule has 1 aromatic heterocycles. The van der Waals surface area contributed by atoms with E-state index >= 15 is 0 Å². The monoisotopic (exact) mass is 290 g/mol. The van der Waals surface area contributed by atoms with Gasteiger partial charge in [-0.05, 0) is 17.7 Å². The van der Waals surface area contributed by atoms with Crippen LogP contribution in [0.5, 0.6) is 0 Å². The van der Waals surface area contributed by atoms with Crippen LogP contribution in [0.15, 0.2) is 47.9 Å². The van der Waals surface area contributed by atoms with Crippen molar-refractivity contribution < 1.29 is 8.42 Å². The average Bonchev–Trinajstić information content (AvgIpc) is 2.93. The minimum absolute atomic E-state index is 0.199. The fraction of sp³-hybridized carbons (Fsp3) is 0.231. The molecule has 0 aliphatic heterocycles. The van der Waals surface area contributed by atoms with Crippen molar-refractivity contribution in [1.29, 1.82) is 5.26 Å². The van der Waals surface area contributed by atoms with Gasteiger partial charge in [-0.2, -0.15) is 5.26 Å². The number of nitrogens with one attached hydrogen (secondary N) is 1. The maximum Gasteiger partial charge on any atom is 0.240 e. The second-order valence-corrected chi connectivity index (χ2v) is 5.94. The Bertz CT molecular complexity index is 685. The summed E-state index contributed by atoms with van der Waals surface area (Å²) < 4.78 is 28.4. The van der Waals surface area contributed by atoms with Crippen LogP contribution in [0.2, 0.25) is 0 Å². The highest BCUT2D eigenvalue weighted by molar-refractivity contribution is 7.89. The number of hydrogen-bond donors (Lipinski definition) is 1. The van der Waals surface area contributed by atoms with Gasteiger partial charge in [0, 0.05) is 25.5 Å². The van der Waals surface area contributed by atoms with E-state index in [1.54, 1.807) is 35.4 Å². The van der Waals surface area contributed by atoms with Crippen molar-refractivity contribution in [2.45, 2.75) is 17.9 Å². The molecule has 0 atom stereocenters. The normalized spacial score (nSPS) is 11.2. The summed E-state index contributed by atoms with van der Waals surface area (Å²) in [4.78, 5) is 4.08. The van der Waals surface area contributed by atoms with E-state index in [1.807, 2.05) is 6.07 Å². The van der Waals surface area contributed by atoms with Crippen LogP contribution in [0.4, 0.5) is 0 Å². The Hall–Kier alpha value is -2.17. The summed E-state index contributed by atoms with van der Waals surface area (Å²) in [7, 11) is -3.51. The number of hydrogen-bond acceptors (Lipinski definition) is 4. The summed E-state index contributed by atoms with van der Waals surface area (Å²) >= 11 is 0. The molecule has 0 spiro atoms. The number of aromatic nitrogens is 2. The molecule has 1 heterocycles. The summed E-state index contributed by atoms with van der Waals surface area (Å²) in [6.45, 7) is 0.810. The molecule has 104 valence electrons. The first-order chi connectivity index (χ1) is 9.62. The molecule has 0 aliphatic carbocycles. The summed E-state index contributed by atoms with van der Waals surface area (Å²) in [6.07, 6.45) is 5.31. The smallest absolute Gasteiger partial charge is 0.240 e. The van der Waals surface area contributed by atoms with Gasteiger partial charge in [0.2, 0.25) is 10.0 Å². The van der Waals surface area contributed by atoms with Crippen LogP contribution in [0.25, 0.3) is 0 Å². The Morgan fingerprint density at radius 3 is 2.65 bits per heavy atom.